The number of fused-ring (bicyclic) bond motifs is 1. The zero-order valence-electron chi connectivity index (χ0n) is 20.5. The lowest BCUT2D eigenvalue weighted by atomic mass is 9.94. The van der Waals surface area contributed by atoms with Gasteiger partial charge in [0.05, 0.1) is 4.88 Å². The minimum absolute atomic E-state index is 0.0486. The van der Waals surface area contributed by atoms with Gasteiger partial charge in [0.15, 0.2) is 5.69 Å². The van der Waals surface area contributed by atoms with E-state index in [2.05, 4.69) is 15.3 Å². The molecule has 0 atom stereocenters. The van der Waals surface area contributed by atoms with E-state index in [4.69, 9.17) is 0 Å². The first kappa shape index (κ1) is 26.3. The van der Waals surface area contributed by atoms with Gasteiger partial charge in [-0.3, -0.25) is 9.59 Å². The Hall–Kier alpha value is -3.31. The molecule has 1 fully saturated rings. The van der Waals surface area contributed by atoms with Gasteiger partial charge in [-0.2, -0.15) is 13.2 Å². The normalized spacial score (nSPS) is 14.5. The molecule has 0 unspecified atom stereocenters. The Kier molecular flexibility index (Phi) is 7.49. The molecule has 3 heterocycles. The number of nitrogens with zero attached hydrogens (tertiary/aromatic N) is 3. The molecule has 5 rings (SSSR count). The molecule has 0 radical (unpaired) electrons. The minimum Gasteiger partial charge on any atom is -0.335 e. The van der Waals surface area contributed by atoms with Crippen molar-refractivity contribution in [2.45, 2.75) is 51.2 Å². The fourth-order valence-electron chi connectivity index (χ4n) is 4.75. The molecule has 1 saturated carbocycles. The zero-order chi connectivity index (χ0) is 26.9. The van der Waals surface area contributed by atoms with Crippen LogP contribution in [0.1, 0.15) is 64.1 Å². The van der Waals surface area contributed by atoms with Crippen molar-refractivity contribution in [3.05, 3.63) is 64.1 Å². The Morgan fingerprint density at radius 1 is 1.08 bits per heavy atom. The number of thiazole rings is 1. The average Bonchev–Trinajstić information content (AvgIpc) is 3.56. The van der Waals surface area contributed by atoms with Crippen LogP contribution in [0.3, 0.4) is 0 Å². The van der Waals surface area contributed by atoms with Gasteiger partial charge in [-0.05, 0) is 56.2 Å². The Morgan fingerprint density at radius 3 is 2.47 bits per heavy atom. The molecule has 0 aliphatic heterocycles. The van der Waals surface area contributed by atoms with E-state index in [0.717, 1.165) is 53.7 Å². The van der Waals surface area contributed by atoms with E-state index in [9.17, 15) is 22.8 Å². The van der Waals surface area contributed by atoms with Crippen LogP contribution in [0.5, 0.6) is 0 Å². The molecule has 0 spiro atoms. The number of nitrogens with one attached hydrogen (secondary N) is 1. The number of carbonyl (C=O) groups is 2. The molecule has 38 heavy (non-hydrogen) atoms. The van der Waals surface area contributed by atoms with Crippen LogP contribution in [0, 0.1) is 0 Å². The second kappa shape index (κ2) is 10.8. The first-order valence-corrected chi connectivity index (χ1v) is 14.0. The third-order valence-electron chi connectivity index (χ3n) is 6.61. The van der Waals surface area contributed by atoms with Gasteiger partial charge in [-0.15, -0.1) is 22.7 Å². The number of amides is 2. The second-order valence-electron chi connectivity index (χ2n) is 9.12. The van der Waals surface area contributed by atoms with Gasteiger partial charge in [-0.25, -0.2) is 9.97 Å². The van der Waals surface area contributed by atoms with Crippen molar-refractivity contribution < 1.29 is 22.8 Å². The van der Waals surface area contributed by atoms with Gasteiger partial charge in [0.1, 0.15) is 14.7 Å². The molecule has 198 valence electrons. The molecule has 1 aromatic carbocycles. The van der Waals surface area contributed by atoms with E-state index in [-0.39, 0.29) is 21.8 Å². The second-order valence-corrected chi connectivity index (χ2v) is 11.1. The van der Waals surface area contributed by atoms with Gasteiger partial charge in [0.25, 0.3) is 11.8 Å². The molecular formula is C27H25F3N4O2S2. The lowest BCUT2D eigenvalue weighted by Crippen LogP contribution is -2.41. The van der Waals surface area contributed by atoms with Crippen LogP contribution in [-0.2, 0) is 6.18 Å². The van der Waals surface area contributed by atoms with E-state index in [1.807, 2.05) is 6.07 Å². The van der Waals surface area contributed by atoms with E-state index < -0.39 is 17.8 Å². The van der Waals surface area contributed by atoms with Crippen LogP contribution < -0.4 is 5.32 Å². The van der Waals surface area contributed by atoms with Crippen molar-refractivity contribution in [2.24, 2.45) is 0 Å². The van der Waals surface area contributed by atoms with Gasteiger partial charge < -0.3 is 10.2 Å². The molecule has 3 aromatic heterocycles. The summed E-state index contributed by atoms with van der Waals surface area (Å²) in [7, 11) is 0. The number of anilines is 1. The predicted molar refractivity (Wildman–Crippen MR) is 144 cm³/mol. The predicted octanol–water partition coefficient (Wildman–Crippen LogP) is 7.49. The maximum Gasteiger partial charge on any atom is 0.435 e. The number of benzene rings is 1. The van der Waals surface area contributed by atoms with Crippen molar-refractivity contribution in [1.29, 1.82) is 0 Å². The Morgan fingerprint density at radius 2 is 1.82 bits per heavy atom. The third kappa shape index (κ3) is 5.44. The zero-order valence-corrected chi connectivity index (χ0v) is 22.2. The smallest absolute Gasteiger partial charge is 0.335 e. The monoisotopic (exact) mass is 558 g/mol. The number of pyridine rings is 1. The van der Waals surface area contributed by atoms with Crippen LogP contribution in [0.25, 0.3) is 20.8 Å². The van der Waals surface area contributed by atoms with Gasteiger partial charge in [0, 0.05) is 35.4 Å². The molecular weight excluding hydrogens is 533 g/mol. The van der Waals surface area contributed by atoms with Crippen molar-refractivity contribution in [1.82, 2.24) is 14.9 Å². The number of alkyl halides is 3. The fraction of sp³-hybridized carbons (Fsp3) is 0.333. The first-order valence-electron chi connectivity index (χ1n) is 12.4. The maximum atomic E-state index is 13.9. The van der Waals surface area contributed by atoms with Crippen molar-refractivity contribution >= 4 is 50.4 Å². The molecule has 11 heteroatoms. The molecule has 0 saturated heterocycles. The minimum atomic E-state index is -4.75. The van der Waals surface area contributed by atoms with Crippen molar-refractivity contribution in [3.63, 3.8) is 0 Å². The molecule has 1 N–H and O–H groups in total. The highest BCUT2D eigenvalue weighted by Crippen LogP contribution is 2.39. The average molecular weight is 559 g/mol. The Balaban J connectivity index is 1.37. The summed E-state index contributed by atoms with van der Waals surface area (Å²) in [6, 6.07) is 11.8. The van der Waals surface area contributed by atoms with Crippen LogP contribution in [-0.4, -0.2) is 39.3 Å². The van der Waals surface area contributed by atoms with Crippen molar-refractivity contribution in [2.75, 3.05) is 11.9 Å². The van der Waals surface area contributed by atoms with Crippen LogP contribution in [0.15, 0.2) is 48.7 Å². The summed E-state index contributed by atoms with van der Waals surface area (Å²) in [6.07, 6.45) is 1.54. The first-order chi connectivity index (χ1) is 18.2. The highest BCUT2D eigenvalue weighted by molar-refractivity contribution is 7.20. The summed E-state index contributed by atoms with van der Waals surface area (Å²) in [6.45, 7) is 2.14. The Bertz CT molecular complexity index is 1420. The SMILES string of the molecule is CCN(C(=O)c1sc(-c2ccc(NC(=O)c3cc4cccnc4s3)cc2)nc1C(F)(F)F)C1CCCCC1. The topological polar surface area (TPSA) is 75.2 Å². The van der Waals surface area contributed by atoms with Gasteiger partial charge in [0.2, 0.25) is 0 Å². The van der Waals surface area contributed by atoms with Crippen LogP contribution in [0.2, 0.25) is 0 Å². The molecule has 4 aromatic rings. The molecule has 1 aliphatic rings. The highest BCUT2D eigenvalue weighted by atomic mass is 32.1. The summed E-state index contributed by atoms with van der Waals surface area (Å²) in [4.78, 5) is 36.5. The summed E-state index contributed by atoms with van der Waals surface area (Å²) in [5.74, 6) is -0.915. The van der Waals surface area contributed by atoms with Gasteiger partial charge in [-0.1, -0.05) is 25.3 Å². The van der Waals surface area contributed by atoms with Crippen LogP contribution >= 0.6 is 22.7 Å². The lowest BCUT2D eigenvalue weighted by molar-refractivity contribution is -0.141. The number of carbonyl (C=O) groups excluding carboxylic acids is 2. The molecule has 0 bridgehead atoms. The number of hydrogen-bond donors (Lipinski definition) is 1. The number of rotatable bonds is 6. The maximum absolute atomic E-state index is 13.9. The quantitative estimate of drug-likeness (QED) is 0.266. The van der Waals surface area contributed by atoms with Crippen LogP contribution in [0.4, 0.5) is 18.9 Å². The summed E-state index contributed by atoms with van der Waals surface area (Å²) in [5, 5.41) is 3.78. The van der Waals surface area contributed by atoms with Crippen molar-refractivity contribution in [3.8, 4) is 10.6 Å². The van der Waals surface area contributed by atoms with E-state index in [1.165, 1.54) is 11.3 Å². The molecule has 2 amide bonds. The highest BCUT2D eigenvalue weighted by Gasteiger charge is 2.41. The molecule has 6 nitrogen and oxygen atoms in total. The number of thiophene rings is 1. The Labute approximate surface area is 225 Å². The van der Waals surface area contributed by atoms with E-state index in [0.29, 0.717) is 22.7 Å². The fourth-order valence-corrected chi connectivity index (χ4v) is 6.69. The largest absolute Gasteiger partial charge is 0.435 e. The summed E-state index contributed by atoms with van der Waals surface area (Å²) < 4.78 is 41.7. The number of halogens is 3. The molecule has 1 aliphatic carbocycles. The number of hydrogen-bond acceptors (Lipinski definition) is 6. The number of aromatic nitrogens is 2. The summed E-state index contributed by atoms with van der Waals surface area (Å²) in [5.41, 5.74) is -0.223. The van der Waals surface area contributed by atoms with E-state index >= 15 is 0 Å². The standard InChI is InChI=1S/C27H25F3N4O2S2/c1-2-34(19-8-4-3-5-9-19)26(36)21-22(27(28,29)30)33-25(38-21)16-10-12-18(13-11-16)32-23(35)20-15-17-7-6-14-31-24(17)37-20/h6-7,10-15,19H,2-5,8-9H2,1H3,(H,32,35). The third-order valence-corrected chi connectivity index (χ3v) is 8.76. The van der Waals surface area contributed by atoms with E-state index in [1.54, 1.807) is 54.4 Å². The summed E-state index contributed by atoms with van der Waals surface area (Å²) >= 11 is 2.03. The lowest BCUT2D eigenvalue weighted by Gasteiger charge is -2.33. The van der Waals surface area contributed by atoms with Gasteiger partial charge >= 0.3 is 6.18 Å².